The number of aromatic amines is 1. The number of para-hydroxylation sites is 1. The van der Waals surface area contributed by atoms with Crippen molar-refractivity contribution in [3.63, 3.8) is 0 Å². The third-order valence-corrected chi connectivity index (χ3v) is 4.46. The van der Waals surface area contributed by atoms with E-state index >= 15 is 0 Å². The van der Waals surface area contributed by atoms with Crippen LogP contribution in [-0.2, 0) is 16.0 Å². The lowest BCUT2D eigenvalue weighted by Gasteiger charge is -2.12. The monoisotopic (exact) mass is 421 g/mol. The highest BCUT2D eigenvalue weighted by Crippen LogP contribution is 2.15. The van der Waals surface area contributed by atoms with E-state index in [1.807, 2.05) is 24.3 Å². The standard InChI is InChI=1S/C23H23N3O5/c1-30-17-10-8-16(9-11-17)12-14-25-22(28)18-5-2-3-6-19(18)26-21(27)15-31-23(29)20-7-4-13-24-20/h2-11,13,24H,12,14-15H2,1H3,(H,25,28)(H,26,27). The van der Waals surface area contributed by atoms with E-state index in [-0.39, 0.29) is 11.6 Å². The Hall–Kier alpha value is -4.07. The van der Waals surface area contributed by atoms with Gasteiger partial charge in [0, 0.05) is 12.7 Å². The Morgan fingerprint density at radius 2 is 1.74 bits per heavy atom. The molecule has 0 bridgehead atoms. The number of benzene rings is 2. The highest BCUT2D eigenvalue weighted by molar-refractivity contribution is 6.04. The highest BCUT2D eigenvalue weighted by atomic mass is 16.5. The number of carbonyl (C=O) groups excluding carboxylic acids is 3. The van der Waals surface area contributed by atoms with Gasteiger partial charge in [0.25, 0.3) is 11.8 Å². The second-order valence-electron chi connectivity index (χ2n) is 6.61. The van der Waals surface area contributed by atoms with Gasteiger partial charge in [-0.1, -0.05) is 24.3 Å². The molecule has 8 heteroatoms. The summed E-state index contributed by atoms with van der Waals surface area (Å²) in [6.07, 6.45) is 2.24. The predicted octanol–water partition coefficient (Wildman–Crippen LogP) is 2.79. The molecule has 0 fully saturated rings. The molecule has 0 aliphatic carbocycles. The van der Waals surface area contributed by atoms with Crippen LogP contribution in [0.1, 0.15) is 26.4 Å². The molecule has 3 N–H and O–H groups in total. The van der Waals surface area contributed by atoms with Crippen molar-refractivity contribution >= 4 is 23.5 Å². The maximum absolute atomic E-state index is 12.6. The summed E-state index contributed by atoms with van der Waals surface area (Å²) in [5.41, 5.74) is 1.97. The van der Waals surface area contributed by atoms with Gasteiger partial charge < -0.3 is 25.1 Å². The van der Waals surface area contributed by atoms with Crippen LogP contribution in [-0.4, -0.2) is 43.0 Å². The van der Waals surface area contributed by atoms with Crippen molar-refractivity contribution in [3.8, 4) is 5.75 Å². The summed E-state index contributed by atoms with van der Waals surface area (Å²) in [4.78, 5) is 39.3. The average molecular weight is 421 g/mol. The molecule has 3 rings (SSSR count). The molecule has 2 aromatic carbocycles. The molecule has 8 nitrogen and oxygen atoms in total. The smallest absolute Gasteiger partial charge is 0.355 e. The first-order valence-electron chi connectivity index (χ1n) is 9.67. The first-order valence-corrected chi connectivity index (χ1v) is 9.67. The van der Waals surface area contributed by atoms with Crippen LogP contribution in [0.15, 0.2) is 66.9 Å². The molecule has 1 aromatic heterocycles. The van der Waals surface area contributed by atoms with E-state index in [9.17, 15) is 14.4 Å². The molecule has 0 aliphatic rings. The van der Waals surface area contributed by atoms with E-state index in [0.29, 0.717) is 24.2 Å². The van der Waals surface area contributed by atoms with E-state index in [1.54, 1.807) is 49.7 Å². The molecule has 0 radical (unpaired) electrons. The van der Waals surface area contributed by atoms with E-state index in [0.717, 1.165) is 11.3 Å². The summed E-state index contributed by atoms with van der Waals surface area (Å²) in [6, 6.07) is 17.4. The van der Waals surface area contributed by atoms with Gasteiger partial charge in [-0.05, 0) is 48.4 Å². The minimum atomic E-state index is -0.635. The molecular weight excluding hydrogens is 398 g/mol. The van der Waals surface area contributed by atoms with Crippen molar-refractivity contribution < 1.29 is 23.9 Å². The SMILES string of the molecule is COc1ccc(CCNC(=O)c2ccccc2NC(=O)COC(=O)c2ccc[nH]2)cc1. The number of methoxy groups -OCH3 is 1. The normalized spacial score (nSPS) is 10.2. The summed E-state index contributed by atoms with van der Waals surface area (Å²) in [5, 5.41) is 5.46. The van der Waals surface area contributed by atoms with Crippen LogP contribution in [0.5, 0.6) is 5.75 Å². The Morgan fingerprint density at radius 3 is 2.45 bits per heavy atom. The topological polar surface area (TPSA) is 110 Å². The molecule has 0 aliphatic heterocycles. The summed E-state index contributed by atoms with van der Waals surface area (Å²) in [7, 11) is 1.61. The van der Waals surface area contributed by atoms with Crippen LogP contribution in [0.25, 0.3) is 0 Å². The van der Waals surface area contributed by atoms with Gasteiger partial charge in [-0.25, -0.2) is 4.79 Å². The molecule has 2 amide bonds. The van der Waals surface area contributed by atoms with Gasteiger partial charge in [0.1, 0.15) is 11.4 Å². The Labute approximate surface area is 179 Å². The molecule has 1 heterocycles. The first-order chi connectivity index (χ1) is 15.1. The third-order valence-electron chi connectivity index (χ3n) is 4.46. The predicted molar refractivity (Wildman–Crippen MR) is 115 cm³/mol. The van der Waals surface area contributed by atoms with Crippen molar-refractivity contribution in [2.45, 2.75) is 6.42 Å². The lowest BCUT2D eigenvalue weighted by molar-refractivity contribution is -0.119. The maximum atomic E-state index is 12.6. The van der Waals surface area contributed by atoms with E-state index in [4.69, 9.17) is 9.47 Å². The summed E-state index contributed by atoms with van der Waals surface area (Å²) < 4.78 is 10.1. The van der Waals surface area contributed by atoms with Gasteiger partial charge in [0.2, 0.25) is 0 Å². The van der Waals surface area contributed by atoms with Crippen LogP contribution >= 0.6 is 0 Å². The minimum Gasteiger partial charge on any atom is -0.497 e. The Kier molecular flexibility index (Phi) is 7.42. The fraction of sp³-hybridized carbons (Fsp3) is 0.174. The van der Waals surface area contributed by atoms with E-state index in [2.05, 4.69) is 15.6 Å². The average Bonchev–Trinajstić information content (AvgIpc) is 3.33. The summed E-state index contributed by atoms with van der Waals surface area (Å²) in [6.45, 7) is -0.0352. The molecule has 31 heavy (non-hydrogen) atoms. The number of hydrogen-bond acceptors (Lipinski definition) is 5. The van der Waals surface area contributed by atoms with Crippen molar-refractivity contribution in [1.29, 1.82) is 0 Å². The summed E-state index contributed by atoms with van der Waals surface area (Å²) in [5.74, 6) is -0.716. The van der Waals surface area contributed by atoms with Crippen LogP contribution in [0.2, 0.25) is 0 Å². The maximum Gasteiger partial charge on any atom is 0.355 e. The zero-order valence-electron chi connectivity index (χ0n) is 17.0. The second kappa shape index (κ2) is 10.6. The van der Waals surface area contributed by atoms with Crippen LogP contribution in [0, 0.1) is 0 Å². The third kappa shape index (κ3) is 6.20. The largest absolute Gasteiger partial charge is 0.497 e. The fourth-order valence-electron chi connectivity index (χ4n) is 2.85. The fourth-order valence-corrected chi connectivity index (χ4v) is 2.85. The Morgan fingerprint density at radius 1 is 0.968 bits per heavy atom. The number of carbonyl (C=O) groups is 3. The quantitative estimate of drug-likeness (QED) is 0.460. The molecule has 0 atom stereocenters. The number of esters is 1. The van der Waals surface area contributed by atoms with Crippen LogP contribution in [0.3, 0.4) is 0 Å². The number of nitrogens with one attached hydrogen (secondary N) is 3. The zero-order chi connectivity index (χ0) is 22.1. The van der Waals surface area contributed by atoms with Gasteiger partial charge in [0.15, 0.2) is 6.61 Å². The number of rotatable bonds is 9. The number of ether oxygens (including phenoxy) is 2. The first kappa shape index (κ1) is 21.6. The number of anilines is 1. The van der Waals surface area contributed by atoms with Gasteiger partial charge in [-0.3, -0.25) is 9.59 Å². The van der Waals surface area contributed by atoms with Gasteiger partial charge >= 0.3 is 5.97 Å². The summed E-state index contributed by atoms with van der Waals surface area (Å²) >= 11 is 0. The number of H-pyrrole nitrogens is 1. The van der Waals surface area contributed by atoms with Gasteiger partial charge in [-0.2, -0.15) is 0 Å². The van der Waals surface area contributed by atoms with Crippen LogP contribution < -0.4 is 15.4 Å². The Balaban J connectivity index is 1.51. The Bertz CT molecular complexity index is 1030. The molecular formula is C23H23N3O5. The second-order valence-corrected chi connectivity index (χ2v) is 6.61. The van der Waals surface area contributed by atoms with Crippen LogP contribution in [0.4, 0.5) is 5.69 Å². The molecule has 0 saturated carbocycles. The van der Waals surface area contributed by atoms with Crippen molar-refractivity contribution in [3.05, 3.63) is 83.7 Å². The van der Waals surface area contributed by atoms with Crippen molar-refractivity contribution in [2.24, 2.45) is 0 Å². The molecule has 160 valence electrons. The molecule has 0 saturated heterocycles. The molecule has 0 unspecified atom stereocenters. The molecule has 0 spiro atoms. The van der Waals surface area contributed by atoms with E-state index < -0.39 is 18.5 Å². The van der Waals surface area contributed by atoms with Gasteiger partial charge in [-0.15, -0.1) is 0 Å². The minimum absolute atomic E-state index is 0.254. The highest BCUT2D eigenvalue weighted by Gasteiger charge is 2.15. The zero-order valence-corrected chi connectivity index (χ0v) is 17.0. The van der Waals surface area contributed by atoms with E-state index in [1.165, 1.54) is 0 Å². The lowest BCUT2D eigenvalue weighted by atomic mass is 10.1. The molecule has 3 aromatic rings. The number of aromatic nitrogens is 1. The number of amides is 2. The van der Waals surface area contributed by atoms with Crippen molar-refractivity contribution in [2.75, 3.05) is 25.6 Å². The van der Waals surface area contributed by atoms with Gasteiger partial charge in [0.05, 0.1) is 18.4 Å². The van der Waals surface area contributed by atoms with Crippen molar-refractivity contribution in [1.82, 2.24) is 10.3 Å². The lowest BCUT2D eigenvalue weighted by Crippen LogP contribution is -2.28. The number of hydrogen-bond donors (Lipinski definition) is 3.